The van der Waals surface area contributed by atoms with E-state index in [9.17, 15) is 0 Å². The Morgan fingerprint density at radius 2 is 1.55 bits per heavy atom. The number of benzene rings is 1. The minimum absolute atomic E-state index is 0.146. The van der Waals surface area contributed by atoms with Crippen LogP contribution in [0, 0.1) is 0 Å². The predicted molar refractivity (Wildman–Crippen MR) is 78.5 cm³/mol. The maximum Gasteiger partial charge on any atom is 0.119 e. The van der Waals surface area contributed by atoms with Gasteiger partial charge in [0.05, 0.1) is 19.8 Å². The molecule has 0 aliphatic carbocycles. The molecule has 0 radical (unpaired) electrons. The summed E-state index contributed by atoms with van der Waals surface area (Å²) in [5.74, 6) is 1.67. The van der Waals surface area contributed by atoms with Crippen molar-refractivity contribution in [2.75, 3.05) is 53.2 Å². The summed E-state index contributed by atoms with van der Waals surface area (Å²) in [7, 11) is 1.67. The molecule has 0 spiro atoms. The zero-order valence-electron chi connectivity index (χ0n) is 12.4. The minimum atomic E-state index is 0.146. The highest BCUT2D eigenvalue weighted by Crippen LogP contribution is 2.17. The van der Waals surface area contributed by atoms with Crippen LogP contribution in [0.2, 0.25) is 0 Å². The van der Waals surface area contributed by atoms with E-state index in [2.05, 4.69) is 4.90 Å². The topological polar surface area (TPSA) is 51.2 Å². The van der Waals surface area contributed by atoms with Crippen LogP contribution in [-0.2, 0) is 4.74 Å². The van der Waals surface area contributed by atoms with Crippen LogP contribution in [0.15, 0.2) is 24.3 Å². The van der Waals surface area contributed by atoms with Gasteiger partial charge in [-0.05, 0) is 31.2 Å². The summed E-state index contributed by atoms with van der Waals surface area (Å²) in [5.41, 5.74) is 0. The molecule has 0 aliphatic rings. The van der Waals surface area contributed by atoms with Gasteiger partial charge >= 0.3 is 0 Å². The normalized spacial score (nSPS) is 10.8. The molecule has 0 heterocycles. The second-order valence-electron chi connectivity index (χ2n) is 4.31. The first-order valence-corrected chi connectivity index (χ1v) is 6.98. The third-order valence-corrected chi connectivity index (χ3v) is 2.84. The molecule has 0 aromatic heterocycles. The number of rotatable bonds is 11. The quantitative estimate of drug-likeness (QED) is 0.665. The average molecular weight is 283 g/mol. The lowest BCUT2D eigenvalue weighted by atomic mass is 10.3. The summed E-state index contributed by atoms with van der Waals surface area (Å²) in [4.78, 5) is 2.11. The van der Waals surface area contributed by atoms with Gasteiger partial charge in [0.1, 0.15) is 18.1 Å². The average Bonchev–Trinajstić information content (AvgIpc) is 2.47. The van der Waals surface area contributed by atoms with Gasteiger partial charge in [0.2, 0.25) is 0 Å². The van der Waals surface area contributed by atoms with Crippen LogP contribution in [0.3, 0.4) is 0 Å². The molecule has 1 rings (SSSR count). The Morgan fingerprint density at radius 1 is 0.950 bits per heavy atom. The molecule has 114 valence electrons. The van der Waals surface area contributed by atoms with Gasteiger partial charge in [-0.1, -0.05) is 0 Å². The third kappa shape index (κ3) is 6.75. The highest BCUT2D eigenvalue weighted by atomic mass is 16.5. The van der Waals surface area contributed by atoms with Crippen molar-refractivity contribution < 1.29 is 19.3 Å². The van der Waals surface area contributed by atoms with Gasteiger partial charge in [-0.3, -0.25) is 4.90 Å². The second kappa shape index (κ2) is 10.5. The van der Waals surface area contributed by atoms with Gasteiger partial charge in [-0.15, -0.1) is 0 Å². The van der Waals surface area contributed by atoms with Crippen molar-refractivity contribution in [2.24, 2.45) is 0 Å². The van der Waals surface area contributed by atoms with E-state index in [0.717, 1.165) is 24.6 Å². The van der Waals surface area contributed by atoms with Crippen molar-refractivity contribution in [1.29, 1.82) is 0 Å². The van der Waals surface area contributed by atoms with Crippen LogP contribution in [0.25, 0.3) is 0 Å². The number of ether oxygens (including phenoxy) is 3. The molecule has 0 unspecified atom stereocenters. The Morgan fingerprint density at radius 3 is 2.10 bits per heavy atom. The van der Waals surface area contributed by atoms with Gasteiger partial charge < -0.3 is 19.3 Å². The smallest absolute Gasteiger partial charge is 0.119 e. The summed E-state index contributed by atoms with van der Waals surface area (Å²) < 4.78 is 16.1. The predicted octanol–water partition coefficient (Wildman–Crippen LogP) is 1.40. The molecule has 0 saturated carbocycles. The molecule has 0 saturated heterocycles. The van der Waals surface area contributed by atoms with Crippen LogP contribution >= 0.6 is 0 Å². The second-order valence-corrected chi connectivity index (χ2v) is 4.31. The van der Waals surface area contributed by atoms with Crippen LogP contribution in [0.5, 0.6) is 11.5 Å². The maximum atomic E-state index is 9.00. The molecule has 0 aliphatic heterocycles. The van der Waals surface area contributed by atoms with Crippen molar-refractivity contribution in [3.63, 3.8) is 0 Å². The van der Waals surface area contributed by atoms with Crippen molar-refractivity contribution in [1.82, 2.24) is 4.90 Å². The molecule has 1 N–H and O–H groups in total. The zero-order valence-corrected chi connectivity index (χ0v) is 12.4. The molecule has 1 aromatic carbocycles. The number of aliphatic hydroxyl groups is 1. The van der Waals surface area contributed by atoms with Gasteiger partial charge in [0.25, 0.3) is 0 Å². The zero-order chi connectivity index (χ0) is 14.6. The van der Waals surface area contributed by atoms with Crippen LogP contribution in [-0.4, -0.2) is 63.2 Å². The lowest BCUT2D eigenvalue weighted by Crippen LogP contribution is -2.33. The van der Waals surface area contributed by atoms with Gasteiger partial charge in [-0.2, -0.15) is 0 Å². The lowest BCUT2D eigenvalue weighted by molar-refractivity contribution is 0.118. The van der Waals surface area contributed by atoms with E-state index in [-0.39, 0.29) is 6.61 Å². The third-order valence-electron chi connectivity index (χ3n) is 2.84. The first-order valence-electron chi connectivity index (χ1n) is 6.98. The molecular weight excluding hydrogens is 258 g/mol. The lowest BCUT2D eigenvalue weighted by Gasteiger charge is -2.20. The molecular formula is C15H25NO4. The highest BCUT2D eigenvalue weighted by Gasteiger charge is 2.04. The molecule has 5 nitrogen and oxygen atoms in total. The first kappa shape index (κ1) is 16.8. The monoisotopic (exact) mass is 283 g/mol. The van der Waals surface area contributed by atoms with E-state index in [1.54, 1.807) is 7.11 Å². The fourth-order valence-electron chi connectivity index (χ4n) is 1.79. The van der Waals surface area contributed by atoms with Crippen molar-refractivity contribution in [3.8, 4) is 11.5 Å². The van der Waals surface area contributed by atoms with E-state index < -0.39 is 0 Å². The summed E-state index contributed by atoms with van der Waals surface area (Å²) in [6.45, 7) is 6.19. The molecule has 0 bridgehead atoms. The van der Waals surface area contributed by atoms with E-state index in [4.69, 9.17) is 19.3 Å². The number of aliphatic hydroxyl groups excluding tert-OH is 1. The highest BCUT2D eigenvalue weighted by molar-refractivity contribution is 5.31. The minimum Gasteiger partial charge on any atom is -0.494 e. The summed E-state index contributed by atoms with van der Waals surface area (Å²) in [6.07, 6.45) is 0. The molecule has 1 aromatic rings. The van der Waals surface area contributed by atoms with E-state index in [1.807, 2.05) is 31.2 Å². The van der Waals surface area contributed by atoms with E-state index in [0.29, 0.717) is 26.4 Å². The summed E-state index contributed by atoms with van der Waals surface area (Å²) in [6, 6.07) is 7.59. The summed E-state index contributed by atoms with van der Waals surface area (Å²) in [5, 5.41) is 9.00. The van der Waals surface area contributed by atoms with Crippen molar-refractivity contribution in [3.05, 3.63) is 24.3 Å². The van der Waals surface area contributed by atoms with E-state index in [1.165, 1.54) is 0 Å². The Kier molecular flexibility index (Phi) is 8.78. The number of nitrogens with zero attached hydrogens (tertiary/aromatic N) is 1. The van der Waals surface area contributed by atoms with Gasteiger partial charge in [0, 0.05) is 26.7 Å². The van der Waals surface area contributed by atoms with Crippen molar-refractivity contribution >= 4 is 0 Å². The van der Waals surface area contributed by atoms with E-state index >= 15 is 0 Å². The van der Waals surface area contributed by atoms with Gasteiger partial charge in [0.15, 0.2) is 0 Å². The maximum absolute atomic E-state index is 9.00. The number of hydrogen-bond donors (Lipinski definition) is 1. The van der Waals surface area contributed by atoms with Crippen LogP contribution < -0.4 is 9.47 Å². The molecule has 0 amide bonds. The largest absolute Gasteiger partial charge is 0.494 e. The standard InChI is InChI=1S/C15H25NO4/c1-3-19-14-4-6-15(7-5-14)20-13-10-16(8-11-17)9-12-18-2/h4-7,17H,3,8-13H2,1-2H3. The Bertz CT molecular complexity index is 342. The Balaban J connectivity index is 2.30. The SMILES string of the molecule is CCOc1ccc(OCCN(CCO)CCOC)cc1. The molecule has 0 atom stereocenters. The molecule has 5 heteroatoms. The van der Waals surface area contributed by atoms with Crippen LogP contribution in [0.4, 0.5) is 0 Å². The number of methoxy groups -OCH3 is 1. The van der Waals surface area contributed by atoms with Crippen molar-refractivity contribution in [2.45, 2.75) is 6.92 Å². The Labute approximate surface area is 121 Å². The molecule has 0 fully saturated rings. The fraction of sp³-hybridized carbons (Fsp3) is 0.600. The number of hydrogen-bond acceptors (Lipinski definition) is 5. The molecule has 20 heavy (non-hydrogen) atoms. The fourth-order valence-corrected chi connectivity index (χ4v) is 1.79. The summed E-state index contributed by atoms with van der Waals surface area (Å²) >= 11 is 0. The van der Waals surface area contributed by atoms with Gasteiger partial charge in [-0.25, -0.2) is 0 Å². The Hall–Kier alpha value is -1.30. The van der Waals surface area contributed by atoms with Crippen LogP contribution in [0.1, 0.15) is 6.92 Å². The first-order chi connectivity index (χ1) is 9.80.